The number of hydrogen-bond donors (Lipinski definition) is 1. The SMILES string of the molecule is O=C(NCCc1csc2ccc(Br)cc12)c1ccc(Cl)c(Cl)c1. The molecule has 0 saturated carbocycles. The van der Waals surface area contributed by atoms with Crippen LogP contribution in [0.25, 0.3) is 10.1 Å². The molecule has 0 aliphatic rings. The molecule has 6 heteroatoms. The van der Waals surface area contributed by atoms with Crippen molar-refractivity contribution in [1.29, 1.82) is 0 Å². The third-order valence-electron chi connectivity index (χ3n) is 3.48. The number of rotatable bonds is 4. The highest BCUT2D eigenvalue weighted by molar-refractivity contribution is 9.10. The Morgan fingerprint density at radius 1 is 1.13 bits per heavy atom. The largest absolute Gasteiger partial charge is 0.352 e. The van der Waals surface area contributed by atoms with E-state index in [4.69, 9.17) is 23.2 Å². The van der Waals surface area contributed by atoms with E-state index in [1.54, 1.807) is 29.5 Å². The predicted octanol–water partition coefficient (Wildman–Crippen LogP) is 5.94. The summed E-state index contributed by atoms with van der Waals surface area (Å²) in [6.45, 7) is 0.567. The van der Waals surface area contributed by atoms with Crippen molar-refractivity contribution in [2.75, 3.05) is 6.54 Å². The van der Waals surface area contributed by atoms with E-state index in [2.05, 4.69) is 38.8 Å². The minimum absolute atomic E-state index is 0.149. The molecule has 2 nitrogen and oxygen atoms in total. The molecular formula is C17H12BrCl2NOS. The van der Waals surface area contributed by atoms with Gasteiger partial charge in [0.1, 0.15) is 0 Å². The Hall–Kier alpha value is -1.07. The predicted molar refractivity (Wildman–Crippen MR) is 102 cm³/mol. The number of carbonyl (C=O) groups excluding carboxylic acids is 1. The Balaban J connectivity index is 1.65. The molecule has 23 heavy (non-hydrogen) atoms. The first-order valence-corrected chi connectivity index (χ1v) is 9.36. The summed E-state index contributed by atoms with van der Waals surface area (Å²) < 4.78 is 2.31. The summed E-state index contributed by atoms with van der Waals surface area (Å²) in [5.41, 5.74) is 1.75. The first-order chi connectivity index (χ1) is 11.0. The maximum atomic E-state index is 12.1. The van der Waals surface area contributed by atoms with Gasteiger partial charge in [-0.2, -0.15) is 0 Å². The Morgan fingerprint density at radius 2 is 1.96 bits per heavy atom. The number of nitrogens with one attached hydrogen (secondary N) is 1. The summed E-state index contributed by atoms with van der Waals surface area (Å²) in [7, 11) is 0. The van der Waals surface area contributed by atoms with Crippen LogP contribution in [0, 0.1) is 0 Å². The second-order valence-corrected chi connectivity index (χ2v) is 7.68. The Morgan fingerprint density at radius 3 is 2.74 bits per heavy atom. The third-order valence-corrected chi connectivity index (χ3v) is 5.72. The lowest BCUT2D eigenvalue weighted by molar-refractivity contribution is 0.0954. The lowest BCUT2D eigenvalue weighted by Gasteiger charge is -2.06. The average Bonchev–Trinajstić information content (AvgIpc) is 2.92. The van der Waals surface area contributed by atoms with E-state index in [9.17, 15) is 4.79 Å². The van der Waals surface area contributed by atoms with E-state index in [1.165, 1.54) is 15.6 Å². The van der Waals surface area contributed by atoms with Crippen LogP contribution in [-0.2, 0) is 6.42 Å². The van der Waals surface area contributed by atoms with E-state index < -0.39 is 0 Å². The fourth-order valence-electron chi connectivity index (χ4n) is 2.30. The number of fused-ring (bicyclic) bond motifs is 1. The molecule has 0 fully saturated rings. The first-order valence-electron chi connectivity index (χ1n) is 6.93. The fourth-order valence-corrected chi connectivity index (χ4v) is 3.93. The van der Waals surface area contributed by atoms with E-state index in [-0.39, 0.29) is 5.91 Å². The molecule has 0 aliphatic heterocycles. The van der Waals surface area contributed by atoms with Gasteiger partial charge in [-0.05, 0) is 59.1 Å². The topological polar surface area (TPSA) is 29.1 Å². The summed E-state index contributed by atoms with van der Waals surface area (Å²) >= 11 is 17.0. The zero-order chi connectivity index (χ0) is 16.4. The van der Waals surface area contributed by atoms with Crippen LogP contribution in [0.2, 0.25) is 10.0 Å². The van der Waals surface area contributed by atoms with Crippen molar-refractivity contribution in [1.82, 2.24) is 5.32 Å². The average molecular weight is 429 g/mol. The van der Waals surface area contributed by atoms with Gasteiger partial charge in [-0.3, -0.25) is 4.79 Å². The molecule has 0 spiro atoms. The molecule has 1 aromatic heterocycles. The maximum Gasteiger partial charge on any atom is 0.251 e. The molecule has 1 heterocycles. The third kappa shape index (κ3) is 3.89. The van der Waals surface area contributed by atoms with Crippen molar-refractivity contribution in [3.8, 4) is 0 Å². The summed E-state index contributed by atoms with van der Waals surface area (Å²) in [6, 6.07) is 11.1. The van der Waals surface area contributed by atoms with Crippen LogP contribution in [-0.4, -0.2) is 12.5 Å². The fraction of sp³-hybridized carbons (Fsp3) is 0.118. The molecule has 3 rings (SSSR count). The van der Waals surface area contributed by atoms with Gasteiger partial charge in [0.25, 0.3) is 5.91 Å². The van der Waals surface area contributed by atoms with Gasteiger partial charge in [0, 0.05) is 21.3 Å². The number of thiophene rings is 1. The second-order valence-electron chi connectivity index (χ2n) is 5.04. The summed E-state index contributed by atoms with van der Waals surface area (Å²) in [5, 5.41) is 7.11. The summed E-state index contributed by atoms with van der Waals surface area (Å²) in [4.78, 5) is 12.1. The minimum Gasteiger partial charge on any atom is -0.352 e. The van der Waals surface area contributed by atoms with Crippen molar-refractivity contribution < 1.29 is 4.79 Å². The van der Waals surface area contributed by atoms with Gasteiger partial charge in [0.15, 0.2) is 0 Å². The van der Waals surface area contributed by atoms with Crippen LogP contribution < -0.4 is 5.32 Å². The van der Waals surface area contributed by atoms with Gasteiger partial charge in [0.05, 0.1) is 10.0 Å². The summed E-state index contributed by atoms with van der Waals surface area (Å²) in [6.07, 6.45) is 0.781. The van der Waals surface area contributed by atoms with Crippen LogP contribution in [0.1, 0.15) is 15.9 Å². The van der Waals surface area contributed by atoms with Gasteiger partial charge in [-0.1, -0.05) is 39.1 Å². The van der Waals surface area contributed by atoms with Crippen molar-refractivity contribution in [3.63, 3.8) is 0 Å². The smallest absolute Gasteiger partial charge is 0.251 e. The molecular weight excluding hydrogens is 417 g/mol. The molecule has 1 amide bonds. The number of carbonyl (C=O) groups is 1. The number of amides is 1. The minimum atomic E-state index is -0.149. The van der Waals surface area contributed by atoms with Crippen LogP contribution >= 0.6 is 50.5 Å². The van der Waals surface area contributed by atoms with E-state index in [0.29, 0.717) is 22.2 Å². The molecule has 1 N–H and O–H groups in total. The highest BCUT2D eigenvalue weighted by atomic mass is 79.9. The van der Waals surface area contributed by atoms with Crippen molar-refractivity contribution in [3.05, 3.63) is 67.4 Å². The van der Waals surface area contributed by atoms with E-state index in [0.717, 1.165) is 10.9 Å². The molecule has 0 bridgehead atoms. The summed E-state index contributed by atoms with van der Waals surface area (Å²) in [5.74, 6) is -0.149. The quantitative estimate of drug-likeness (QED) is 0.547. The van der Waals surface area contributed by atoms with Crippen LogP contribution in [0.3, 0.4) is 0 Å². The van der Waals surface area contributed by atoms with E-state index in [1.807, 2.05) is 6.07 Å². The van der Waals surface area contributed by atoms with Gasteiger partial charge >= 0.3 is 0 Å². The zero-order valence-corrected chi connectivity index (χ0v) is 15.8. The Bertz CT molecular complexity index is 878. The first kappa shape index (κ1) is 16.8. The van der Waals surface area contributed by atoms with Gasteiger partial charge in [0.2, 0.25) is 0 Å². The molecule has 0 unspecified atom stereocenters. The van der Waals surface area contributed by atoms with Crippen molar-refractivity contribution >= 4 is 66.5 Å². The van der Waals surface area contributed by atoms with Gasteiger partial charge in [-0.25, -0.2) is 0 Å². The monoisotopic (exact) mass is 427 g/mol. The molecule has 0 atom stereocenters. The number of benzene rings is 2. The highest BCUT2D eigenvalue weighted by Crippen LogP contribution is 2.29. The Kier molecular flexibility index (Phi) is 5.27. The Labute approximate surface area is 156 Å². The number of halogens is 3. The molecule has 118 valence electrons. The molecule has 0 saturated heterocycles. The normalized spacial score (nSPS) is 10.9. The number of hydrogen-bond acceptors (Lipinski definition) is 2. The second kappa shape index (κ2) is 7.22. The highest BCUT2D eigenvalue weighted by Gasteiger charge is 2.09. The lowest BCUT2D eigenvalue weighted by Crippen LogP contribution is -2.25. The van der Waals surface area contributed by atoms with Crippen molar-refractivity contribution in [2.24, 2.45) is 0 Å². The van der Waals surface area contributed by atoms with E-state index >= 15 is 0 Å². The molecule has 0 aliphatic carbocycles. The maximum absolute atomic E-state index is 12.1. The van der Waals surface area contributed by atoms with Crippen LogP contribution in [0.4, 0.5) is 0 Å². The van der Waals surface area contributed by atoms with Crippen molar-refractivity contribution in [2.45, 2.75) is 6.42 Å². The zero-order valence-electron chi connectivity index (χ0n) is 11.9. The molecule has 0 radical (unpaired) electrons. The molecule has 3 aromatic rings. The molecule has 2 aromatic carbocycles. The van der Waals surface area contributed by atoms with Crippen LogP contribution in [0.5, 0.6) is 0 Å². The lowest BCUT2D eigenvalue weighted by atomic mass is 10.1. The van der Waals surface area contributed by atoms with Crippen LogP contribution in [0.15, 0.2) is 46.3 Å². The van der Waals surface area contributed by atoms with Gasteiger partial charge in [-0.15, -0.1) is 11.3 Å². The van der Waals surface area contributed by atoms with Gasteiger partial charge < -0.3 is 5.32 Å². The standard InChI is InChI=1S/C17H12BrCl2NOS/c18-12-2-4-16-13(8-12)11(9-23-16)5-6-21-17(22)10-1-3-14(19)15(20)7-10/h1-4,7-9H,5-6H2,(H,21,22).